The van der Waals surface area contributed by atoms with Crippen LogP contribution >= 0.6 is 0 Å². The van der Waals surface area contributed by atoms with Gasteiger partial charge in [0.15, 0.2) is 0 Å². The minimum Gasteiger partial charge on any atom is -0.0610 e. The Labute approximate surface area is 129 Å². The molecule has 0 aliphatic heterocycles. The molecule has 0 unspecified atom stereocenters. The average molecular weight is 278 g/mol. The zero-order valence-electron chi connectivity index (χ0n) is 14.2. The van der Waals surface area contributed by atoms with Crippen LogP contribution in [-0.2, 0) is 11.8 Å². The van der Waals surface area contributed by atoms with Gasteiger partial charge in [0.2, 0.25) is 0 Å². The first-order valence-corrected chi connectivity index (χ1v) is 8.04. The molecule has 0 heteroatoms. The van der Waals surface area contributed by atoms with Crippen LogP contribution in [0.3, 0.4) is 0 Å². The summed E-state index contributed by atoms with van der Waals surface area (Å²) in [5, 5.41) is 0. The molecule has 0 atom stereocenters. The van der Waals surface area contributed by atoms with E-state index in [0.29, 0.717) is 5.92 Å². The highest BCUT2D eigenvalue weighted by Crippen LogP contribution is 2.42. The van der Waals surface area contributed by atoms with E-state index in [4.69, 9.17) is 0 Å². The molecule has 0 bridgehead atoms. The van der Waals surface area contributed by atoms with Crippen LogP contribution in [0.25, 0.3) is 11.6 Å². The van der Waals surface area contributed by atoms with Crippen molar-refractivity contribution < 1.29 is 0 Å². The Bertz CT molecular complexity index is 685. The predicted octanol–water partition coefficient (Wildman–Crippen LogP) is 5.92. The molecule has 0 radical (unpaired) electrons. The standard InChI is InChI=1S/C21H26/c1-13(2)15-7-8-16-10-18(21(4,5)6)11-17-9-14(3)19(12-15)20(16)17/h7-8,10-13H,9H2,1-6H3. The summed E-state index contributed by atoms with van der Waals surface area (Å²) in [5.41, 5.74) is 10.5. The van der Waals surface area contributed by atoms with E-state index in [2.05, 4.69) is 71.9 Å². The van der Waals surface area contributed by atoms with Gasteiger partial charge < -0.3 is 0 Å². The van der Waals surface area contributed by atoms with Crippen molar-refractivity contribution in [2.24, 2.45) is 5.92 Å². The summed E-state index contributed by atoms with van der Waals surface area (Å²) >= 11 is 0. The zero-order chi connectivity index (χ0) is 15.4. The zero-order valence-corrected chi connectivity index (χ0v) is 14.2. The Morgan fingerprint density at radius 1 is 1.05 bits per heavy atom. The summed E-state index contributed by atoms with van der Waals surface area (Å²) in [6, 6.07) is 4.82. The minimum atomic E-state index is 0.205. The van der Waals surface area contributed by atoms with Crippen molar-refractivity contribution in [2.75, 3.05) is 0 Å². The lowest BCUT2D eigenvalue weighted by Crippen LogP contribution is -2.12. The number of hydrogen-bond donors (Lipinski definition) is 0. The van der Waals surface area contributed by atoms with Crippen LogP contribution in [0, 0.1) is 5.92 Å². The molecule has 0 spiro atoms. The molecular weight excluding hydrogens is 252 g/mol. The van der Waals surface area contributed by atoms with Gasteiger partial charge in [-0.05, 0) is 58.1 Å². The molecule has 3 rings (SSSR count). The second-order valence-electron chi connectivity index (χ2n) is 7.85. The molecule has 0 heterocycles. The van der Waals surface area contributed by atoms with Gasteiger partial charge in [-0.2, -0.15) is 0 Å². The maximum absolute atomic E-state index is 2.43. The van der Waals surface area contributed by atoms with E-state index in [1.54, 1.807) is 0 Å². The lowest BCUT2D eigenvalue weighted by atomic mass is 9.83. The lowest BCUT2D eigenvalue weighted by Gasteiger charge is -2.21. The number of rotatable bonds is 1. The maximum Gasteiger partial charge on any atom is -0.00542 e. The molecule has 0 amide bonds. The van der Waals surface area contributed by atoms with Crippen LogP contribution in [0.4, 0.5) is 0 Å². The van der Waals surface area contributed by atoms with Gasteiger partial charge >= 0.3 is 0 Å². The van der Waals surface area contributed by atoms with Gasteiger partial charge in [0.25, 0.3) is 0 Å². The molecule has 0 saturated heterocycles. The Kier molecular flexibility index (Phi) is 3.24. The van der Waals surface area contributed by atoms with Crippen molar-refractivity contribution >= 4 is 11.6 Å². The summed E-state index contributed by atoms with van der Waals surface area (Å²) in [6.07, 6.45) is 8.16. The Morgan fingerprint density at radius 2 is 1.76 bits per heavy atom. The van der Waals surface area contributed by atoms with Crippen LogP contribution in [0.2, 0.25) is 0 Å². The molecule has 0 aromatic heterocycles. The van der Waals surface area contributed by atoms with E-state index in [0.717, 1.165) is 6.42 Å². The fourth-order valence-corrected chi connectivity index (χ4v) is 3.31. The molecule has 1 aromatic rings. The predicted molar refractivity (Wildman–Crippen MR) is 93.4 cm³/mol. The van der Waals surface area contributed by atoms with E-state index in [1.165, 1.54) is 39.0 Å². The van der Waals surface area contributed by atoms with Crippen LogP contribution in [0.5, 0.6) is 0 Å². The highest BCUT2D eigenvalue weighted by atomic mass is 14.3. The van der Waals surface area contributed by atoms with Crippen LogP contribution < -0.4 is 0 Å². The highest BCUT2D eigenvalue weighted by molar-refractivity contribution is 5.90. The number of benzene rings is 1. The van der Waals surface area contributed by atoms with Crippen molar-refractivity contribution in [2.45, 2.75) is 53.4 Å². The van der Waals surface area contributed by atoms with E-state index in [9.17, 15) is 0 Å². The first kappa shape index (κ1) is 14.4. The molecular formula is C21H26. The molecule has 21 heavy (non-hydrogen) atoms. The van der Waals surface area contributed by atoms with Crippen molar-refractivity contribution in [1.29, 1.82) is 0 Å². The number of allylic oxidation sites excluding steroid dienone is 5. The molecule has 110 valence electrons. The molecule has 0 fully saturated rings. The van der Waals surface area contributed by atoms with Crippen LogP contribution in [-0.4, -0.2) is 0 Å². The fourth-order valence-electron chi connectivity index (χ4n) is 3.31. The van der Waals surface area contributed by atoms with Crippen molar-refractivity contribution in [3.8, 4) is 0 Å². The third kappa shape index (κ3) is 2.41. The van der Waals surface area contributed by atoms with Gasteiger partial charge in [-0.25, -0.2) is 0 Å². The third-order valence-electron chi connectivity index (χ3n) is 4.73. The van der Waals surface area contributed by atoms with E-state index < -0.39 is 0 Å². The Hall–Kier alpha value is -1.56. The quantitative estimate of drug-likeness (QED) is 0.598. The Morgan fingerprint density at radius 3 is 2.38 bits per heavy atom. The molecule has 0 nitrogen and oxygen atoms in total. The van der Waals surface area contributed by atoms with Crippen LogP contribution in [0.15, 0.2) is 35.4 Å². The molecule has 0 N–H and O–H groups in total. The summed E-state index contributed by atoms with van der Waals surface area (Å²) in [7, 11) is 0. The number of hydrogen-bond acceptors (Lipinski definition) is 0. The largest absolute Gasteiger partial charge is 0.0610 e. The smallest absolute Gasteiger partial charge is 0.00542 e. The second-order valence-corrected chi connectivity index (χ2v) is 7.85. The monoisotopic (exact) mass is 278 g/mol. The second kappa shape index (κ2) is 4.73. The Balaban J connectivity index is 2.23. The third-order valence-corrected chi connectivity index (χ3v) is 4.73. The summed E-state index contributed by atoms with van der Waals surface area (Å²) in [5.74, 6) is 0.571. The minimum absolute atomic E-state index is 0.205. The van der Waals surface area contributed by atoms with Gasteiger partial charge in [-0.15, -0.1) is 0 Å². The summed E-state index contributed by atoms with van der Waals surface area (Å²) < 4.78 is 0. The van der Waals surface area contributed by atoms with Crippen molar-refractivity contribution in [3.05, 3.63) is 57.7 Å². The normalized spacial score (nSPS) is 17.2. The molecule has 1 aromatic carbocycles. The highest BCUT2D eigenvalue weighted by Gasteiger charge is 2.25. The van der Waals surface area contributed by atoms with Gasteiger partial charge in [0, 0.05) is 0 Å². The first-order valence-electron chi connectivity index (χ1n) is 8.04. The summed E-state index contributed by atoms with van der Waals surface area (Å²) in [6.45, 7) is 13.7. The van der Waals surface area contributed by atoms with E-state index in [-0.39, 0.29) is 5.41 Å². The van der Waals surface area contributed by atoms with Crippen molar-refractivity contribution in [1.82, 2.24) is 0 Å². The van der Waals surface area contributed by atoms with E-state index >= 15 is 0 Å². The first-order chi connectivity index (χ1) is 9.77. The lowest BCUT2D eigenvalue weighted by molar-refractivity contribution is 0.589. The van der Waals surface area contributed by atoms with Gasteiger partial charge in [-0.1, -0.05) is 70.6 Å². The molecule has 2 aliphatic carbocycles. The van der Waals surface area contributed by atoms with Crippen molar-refractivity contribution in [3.63, 3.8) is 0 Å². The van der Waals surface area contributed by atoms with Gasteiger partial charge in [0.05, 0.1) is 0 Å². The topological polar surface area (TPSA) is 0 Å². The van der Waals surface area contributed by atoms with E-state index in [1.807, 2.05) is 0 Å². The average Bonchev–Trinajstić information content (AvgIpc) is 2.57. The van der Waals surface area contributed by atoms with Gasteiger partial charge in [-0.3, -0.25) is 0 Å². The molecule has 2 aliphatic rings. The molecule has 0 saturated carbocycles. The SMILES string of the molecule is CC1=C2C=C(C(C)C)C=Cc3cc(C(C)(C)C)cc(c32)C1. The summed E-state index contributed by atoms with van der Waals surface area (Å²) in [4.78, 5) is 0. The van der Waals surface area contributed by atoms with Crippen LogP contribution in [0.1, 0.15) is 63.8 Å². The van der Waals surface area contributed by atoms with Gasteiger partial charge in [0.1, 0.15) is 0 Å². The fraction of sp³-hybridized carbons (Fsp3) is 0.429. The maximum atomic E-state index is 2.43.